The van der Waals surface area contributed by atoms with Gasteiger partial charge in [0.2, 0.25) is 0 Å². The molecule has 0 bridgehead atoms. The molecule has 4 heteroatoms. The standard InChI is InChI=1S/C18H10N2SSe/c1-3-7-15-11(5-1)19-13-10-18-14(9-16(13)21-15)20-12-6-2-4-8-17(12)22-18/h1-10H. The first-order chi connectivity index (χ1) is 10.9. The van der Waals surface area contributed by atoms with Gasteiger partial charge in [-0.05, 0) is 0 Å². The third-order valence-electron chi connectivity index (χ3n) is 3.69. The number of rotatable bonds is 0. The molecule has 0 saturated carbocycles. The zero-order valence-corrected chi connectivity index (χ0v) is 14.0. The summed E-state index contributed by atoms with van der Waals surface area (Å²) in [6.45, 7) is 0. The summed E-state index contributed by atoms with van der Waals surface area (Å²) in [4.78, 5) is 12.1. The van der Waals surface area contributed by atoms with Gasteiger partial charge in [0, 0.05) is 0 Å². The van der Waals surface area contributed by atoms with Crippen molar-refractivity contribution in [2.24, 2.45) is 9.98 Å². The molecule has 104 valence electrons. The van der Waals surface area contributed by atoms with Crippen LogP contribution in [0.25, 0.3) is 0 Å². The maximum absolute atomic E-state index is 4.83. The Morgan fingerprint density at radius 2 is 1.45 bits per heavy atom. The molecule has 0 amide bonds. The third kappa shape index (κ3) is 1.96. The summed E-state index contributed by atoms with van der Waals surface area (Å²) < 4.78 is 2.68. The second-order valence-corrected chi connectivity index (χ2v) is 8.51. The molecule has 0 radical (unpaired) electrons. The second kappa shape index (κ2) is 4.82. The summed E-state index contributed by atoms with van der Waals surface area (Å²) in [5.41, 5.74) is 2.19. The van der Waals surface area contributed by atoms with Crippen LogP contribution in [0.4, 0.5) is 11.4 Å². The molecule has 0 aliphatic carbocycles. The van der Waals surface area contributed by atoms with Crippen molar-refractivity contribution in [1.82, 2.24) is 0 Å². The van der Waals surface area contributed by atoms with Crippen molar-refractivity contribution < 1.29 is 0 Å². The zero-order chi connectivity index (χ0) is 14.5. The van der Waals surface area contributed by atoms with Crippen LogP contribution in [-0.4, -0.2) is 15.0 Å². The third-order valence-corrected chi connectivity index (χ3v) is 7.14. The average Bonchev–Trinajstić information content (AvgIpc) is 2.56. The second-order valence-electron chi connectivity index (χ2n) is 5.15. The van der Waals surface area contributed by atoms with Gasteiger partial charge in [0.15, 0.2) is 0 Å². The van der Waals surface area contributed by atoms with Crippen molar-refractivity contribution in [1.29, 1.82) is 0 Å². The van der Waals surface area contributed by atoms with Gasteiger partial charge in [-0.25, -0.2) is 0 Å². The van der Waals surface area contributed by atoms with Gasteiger partial charge in [-0.3, -0.25) is 0 Å². The summed E-state index contributed by atoms with van der Waals surface area (Å²) >= 11 is 2.10. The van der Waals surface area contributed by atoms with E-state index in [1.54, 1.807) is 11.8 Å². The molecule has 2 aliphatic heterocycles. The molecule has 0 unspecified atom stereocenters. The van der Waals surface area contributed by atoms with Gasteiger partial charge in [0.25, 0.3) is 0 Å². The van der Waals surface area contributed by atoms with Gasteiger partial charge in [0.1, 0.15) is 0 Å². The minimum absolute atomic E-state index is 0.305. The van der Waals surface area contributed by atoms with E-state index in [9.17, 15) is 0 Å². The molecule has 0 spiro atoms. The van der Waals surface area contributed by atoms with E-state index in [1.165, 1.54) is 18.7 Å². The Hall–Kier alpha value is -1.87. The normalized spacial score (nSPS) is 13.8. The molecule has 0 fully saturated rings. The monoisotopic (exact) mass is 366 g/mol. The van der Waals surface area contributed by atoms with Crippen LogP contribution in [0.3, 0.4) is 0 Å². The number of hydrogen-bond acceptors (Lipinski definition) is 3. The number of nitrogens with zero attached hydrogens (tertiary/aromatic N) is 2. The molecular weight excluding hydrogens is 355 g/mol. The average molecular weight is 365 g/mol. The Balaban J connectivity index is 1.76. The van der Waals surface area contributed by atoms with Crippen LogP contribution in [0.5, 0.6) is 0 Å². The van der Waals surface area contributed by atoms with Crippen LogP contribution >= 0.6 is 11.8 Å². The van der Waals surface area contributed by atoms with Crippen molar-refractivity contribution in [2.45, 2.75) is 9.79 Å². The van der Waals surface area contributed by atoms with E-state index in [4.69, 9.17) is 9.98 Å². The van der Waals surface area contributed by atoms with Crippen LogP contribution in [0.2, 0.25) is 0 Å². The fourth-order valence-electron chi connectivity index (χ4n) is 2.64. The van der Waals surface area contributed by atoms with Crippen molar-refractivity contribution in [3.63, 3.8) is 0 Å². The van der Waals surface area contributed by atoms with E-state index < -0.39 is 0 Å². The van der Waals surface area contributed by atoms with Gasteiger partial charge in [-0.1, -0.05) is 0 Å². The molecule has 0 N–H and O–H groups in total. The number of fused-ring (bicyclic) bond motifs is 4. The summed E-state index contributed by atoms with van der Waals surface area (Å²) in [5.74, 6) is 0. The topological polar surface area (TPSA) is 24.7 Å². The Labute approximate surface area is 138 Å². The Morgan fingerprint density at radius 1 is 0.682 bits per heavy atom. The summed E-state index contributed by atoms with van der Waals surface area (Å²) in [6.07, 6.45) is 0. The predicted octanol–water partition coefficient (Wildman–Crippen LogP) is 2.02. The van der Waals surface area contributed by atoms with E-state index in [1.807, 2.05) is 6.07 Å². The molecule has 3 aromatic carbocycles. The van der Waals surface area contributed by atoms with Crippen molar-refractivity contribution in [2.75, 3.05) is 0 Å². The van der Waals surface area contributed by atoms with Gasteiger partial charge in [-0.15, -0.1) is 0 Å². The molecule has 22 heavy (non-hydrogen) atoms. The Kier molecular flexibility index (Phi) is 2.77. The molecule has 0 atom stereocenters. The first kappa shape index (κ1) is 12.7. The van der Waals surface area contributed by atoms with Gasteiger partial charge >= 0.3 is 138 Å². The fraction of sp³-hybridized carbons (Fsp3) is 0. The number of para-hydroxylation sites is 2. The summed E-state index contributed by atoms with van der Waals surface area (Å²) in [7, 11) is 0. The molecule has 2 nitrogen and oxygen atoms in total. The molecular formula is C18H10N2SSe. The van der Waals surface area contributed by atoms with E-state index in [2.05, 4.69) is 54.6 Å². The Morgan fingerprint density at radius 3 is 2.41 bits per heavy atom. The van der Waals surface area contributed by atoms with Crippen LogP contribution in [-0.2, 0) is 0 Å². The molecule has 2 heterocycles. The maximum atomic E-state index is 4.83. The van der Waals surface area contributed by atoms with E-state index in [-0.39, 0.29) is 0 Å². The molecule has 0 aromatic heterocycles. The van der Waals surface area contributed by atoms with Gasteiger partial charge in [0.05, 0.1) is 0 Å². The Bertz CT molecular complexity index is 958. The quantitative estimate of drug-likeness (QED) is 0.386. The van der Waals surface area contributed by atoms with E-state index in [0.717, 1.165) is 22.1 Å². The van der Waals surface area contributed by atoms with Crippen LogP contribution < -0.4 is 19.6 Å². The molecule has 3 aromatic rings. The first-order valence-electron chi connectivity index (χ1n) is 7.02. The van der Waals surface area contributed by atoms with Crippen molar-refractivity contribution in [3.8, 4) is 0 Å². The predicted molar refractivity (Wildman–Crippen MR) is 90.1 cm³/mol. The summed E-state index contributed by atoms with van der Waals surface area (Å²) in [6, 6.07) is 21.2. The van der Waals surface area contributed by atoms with E-state index >= 15 is 0 Å². The van der Waals surface area contributed by atoms with Crippen LogP contribution in [0.1, 0.15) is 0 Å². The number of hydrogen-bond donors (Lipinski definition) is 0. The number of benzene rings is 3. The first-order valence-corrected chi connectivity index (χ1v) is 9.55. The molecule has 2 aliphatic rings. The van der Waals surface area contributed by atoms with Gasteiger partial charge in [-0.2, -0.15) is 0 Å². The van der Waals surface area contributed by atoms with Gasteiger partial charge < -0.3 is 0 Å². The van der Waals surface area contributed by atoms with Crippen LogP contribution in [0.15, 0.2) is 80.4 Å². The minimum atomic E-state index is 0.305. The molecule has 0 saturated heterocycles. The SMILES string of the molecule is c1ccc2c(c1)N=c1cc3c(cc1S2)=Nc1ccccc1[Se]3. The van der Waals surface area contributed by atoms with Crippen molar-refractivity contribution >= 4 is 47.0 Å². The molecule has 5 rings (SSSR count). The zero-order valence-electron chi connectivity index (χ0n) is 11.5. The fourth-order valence-corrected chi connectivity index (χ4v) is 5.69. The van der Waals surface area contributed by atoms with E-state index in [0.29, 0.717) is 15.0 Å². The van der Waals surface area contributed by atoms with Crippen molar-refractivity contribution in [3.05, 3.63) is 71.4 Å². The van der Waals surface area contributed by atoms with Crippen LogP contribution in [0, 0.1) is 0 Å². The summed E-state index contributed by atoms with van der Waals surface area (Å²) in [5, 5.41) is 2.19.